The number of hydrogen-bond donors (Lipinski definition) is 3. The van der Waals surface area contributed by atoms with Gasteiger partial charge in [0.05, 0.1) is 11.3 Å². The van der Waals surface area contributed by atoms with Crippen LogP contribution in [0.4, 0.5) is 16.0 Å². The maximum absolute atomic E-state index is 14.0. The molecule has 0 radical (unpaired) electrons. The first-order valence-electron chi connectivity index (χ1n) is 11.0. The normalized spacial score (nSPS) is 17.4. The summed E-state index contributed by atoms with van der Waals surface area (Å²) in [7, 11) is -4.31. The van der Waals surface area contributed by atoms with Gasteiger partial charge in [-0.1, -0.05) is 19.1 Å². The van der Waals surface area contributed by atoms with Gasteiger partial charge in [-0.2, -0.15) is 8.42 Å². The number of para-hydroxylation sites is 1. The number of anilines is 2. The number of aromatic hydroxyl groups is 1. The van der Waals surface area contributed by atoms with Crippen LogP contribution in [-0.4, -0.2) is 41.5 Å². The van der Waals surface area contributed by atoms with Crippen LogP contribution < -0.4 is 15.4 Å². The predicted molar refractivity (Wildman–Crippen MR) is 130 cm³/mol. The Morgan fingerprint density at radius 2 is 1.89 bits per heavy atom. The predicted octanol–water partition coefficient (Wildman–Crippen LogP) is 3.31. The van der Waals surface area contributed by atoms with Crippen LogP contribution in [-0.2, 0) is 10.0 Å². The summed E-state index contributed by atoms with van der Waals surface area (Å²) in [5.74, 6) is -1.75. The number of nitrogen functional groups attached to an aromatic ring is 1. The zero-order valence-electron chi connectivity index (χ0n) is 19.5. The zero-order chi connectivity index (χ0) is 25.5. The molecule has 0 bridgehead atoms. The monoisotopic (exact) mass is 499 g/mol. The smallest absolute Gasteiger partial charge is 0.281 e. The van der Waals surface area contributed by atoms with Crippen molar-refractivity contribution in [2.24, 2.45) is 5.92 Å². The number of carbonyl (C=O) groups excluding carboxylic acids is 1. The summed E-state index contributed by atoms with van der Waals surface area (Å²) in [6, 6.07) is 11.0. The fraction of sp³-hybridized carbons (Fsp3) is 0.292. The van der Waals surface area contributed by atoms with E-state index in [9.17, 15) is 22.7 Å². The third-order valence-corrected chi connectivity index (χ3v) is 7.19. The minimum Gasteiger partial charge on any atom is -0.504 e. The summed E-state index contributed by atoms with van der Waals surface area (Å²) in [4.78, 5) is 23.5. The highest BCUT2D eigenvalue weighted by Crippen LogP contribution is 2.39. The van der Waals surface area contributed by atoms with Crippen molar-refractivity contribution in [3.8, 4) is 17.0 Å². The average molecular weight is 500 g/mol. The van der Waals surface area contributed by atoms with Crippen LogP contribution in [0.15, 0.2) is 53.6 Å². The molecule has 0 spiro atoms. The number of nitrogens with one attached hydrogen (secondary N) is 1. The minimum absolute atomic E-state index is 0.00487. The lowest BCUT2D eigenvalue weighted by Crippen LogP contribution is -2.41. The molecular weight excluding hydrogens is 473 g/mol. The minimum atomic E-state index is -4.31. The Labute approximate surface area is 202 Å². The van der Waals surface area contributed by atoms with E-state index in [2.05, 4.69) is 16.9 Å². The van der Waals surface area contributed by atoms with Crippen LogP contribution in [0.1, 0.15) is 37.6 Å². The molecule has 0 unspecified atom stereocenters. The van der Waals surface area contributed by atoms with Crippen molar-refractivity contribution in [2.75, 3.05) is 17.2 Å². The highest BCUT2D eigenvalue weighted by atomic mass is 32.2. The fourth-order valence-electron chi connectivity index (χ4n) is 4.47. The Hall–Kier alpha value is -3.73. The summed E-state index contributed by atoms with van der Waals surface area (Å²) in [5.41, 5.74) is 5.60. The molecule has 3 aromatic rings. The maximum Gasteiger partial charge on any atom is 0.281 e. The molecule has 1 amide bonds. The third-order valence-electron chi connectivity index (χ3n) is 5.96. The second kappa shape index (κ2) is 8.81. The average Bonchev–Trinajstić information content (AvgIpc) is 3.06. The number of rotatable bonds is 5. The number of phenols is 1. The molecular formula is C24H26FN5O4S. The number of pyridine rings is 2. The molecule has 1 fully saturated rings. The van der Waals surface area contributed by atoms with Gasteiger partial charge >= 0.3 is 0 Å². The standard InChI is InChI=1S/C24H26FN5O4S/c1-14-12-24(2,3)30(13-14)22-16(10-11-18(27-22)15-6-4-7-17(25)21(15)31)23(32)29-35(33,34)20-9-5-8-19(26)28-20/h4-11,14,31H,12-13H2,1-3H3,(H2,26,28)(H,29,32)/t14-/m0/s1. The van der Waals surface area contributed by atoms with E-state index in [4.69, 9.17) is 5.73 Å². The van der Waals surface area contributed by atoms with Gasteiger partial charge in [0.15, 0.2) is 16.6 Å². The Morgan fingerprint density at radius 3 is 2.54 bits per heavy atom. The van der Waals surface area contributed by atoms with Crippen LogP contribution in [0.25, 0.3) is 11.3 Å². The van der Waals surface area contributed by atoms with Gasteiger partial charge in [0, 0.05) is 17.6 Å². The highest BCUT2D eigenvalue weighted by Gasteiger charge is 2.39. The molecule has 0 saturated carbocycles. The van der Waals surface area contributed by atoms with Gasteiger partial charge in [-0.3, -0.25) is 4.79 Å². The van der Waals surface area contributed by atoms with Gasteiger partial charge in [-0.05, 0) is 62.6 Å². The lowest BCUT2D eigenvalue weighted by Gasteiger charge is -2.34. The van der Waals surface area contributed by atoms with Gasteiger partial charge < -0.3 is 15.7 Å². The number of nitrogens with two attached hydrogens (primary N) is 1. The Bertz CT molecular complexity index is 1410. The summed E-state index contributed by atoms with van der Waals surface area (Å²) in [6.45, 7) is 6.64. The topological polar surface area (TPSA) is 139 Å². The summed E-state index contributed by atoms with van der Waals surface area (Å²) in [6.07, 6.45) is 0.816. The molecule has 1 aliphatic rings. The number of amides is 1. The summed E-state index contributed by atoms with van der Waals surface area (Å²) in [5, 5.41) is 9.84. The van der Waals surface area contributed by atoms with Crippen molar-refractivity contribution in [1.82, 2.24) is 14.7 Å². The molecule has 4 rings (SSSR count). The molecule has 0 aliphatic carbocycles. The lowest BCUT2D eigenvalue weighted by atomic mass is 9.97. The number of sulfonamides is 1. The van der Waals surface area contributed by atoms with Crippen molar-refractivity contribution in [1.29, 1.82) is 0 Å². The molecule has 1 atom stereocenters. The number of benzene rings is 1. The van der Waals surface area contributed by atoms with E-state index < -0.39 is 38.1 Å². The van der Waals surface area contributed by atoms with Gasteiger partial charge in [0.2, 0.25) is 0 Å². The van der Waals surface area contributed by atoms with Gasteiger partial charge in [-0.25, -0.2) is 19.1 Å². The number of carbonyl (C=O) groups is 1. The molecule has 1 saturated heterocycles. The van der Waals surface area contributed by atoms with Crippen LogP contribution in [0, 0.1) is 11.7 Å². The van der Waals surface area contributed by atoms with E-state index in [0.29, 0.717) is 6.54 Å². The van der Waals surface area contributed by atoms with E-state index in [1.165, 1.54) is 42.5 Å². The second-order valence-corrected chi connectivity index (χ2v) is 10.9. The van der Waals surface area contributed by atoms with Crippen LogP contribution in [0.5, 0.6) is 5.75 Å². The summed E-state index contributed by atoms with van der Waals surface area (Å²) >= 11 is 0. The quantitative estimate of drug-likeness (QED) is 0.486. The van der Waals surface area contributed by atoms with Crippen LogP contribution in [0.3, 0.4) is 0 Å². The fourth-order valence-corrected chi connectivity index (χ4v) is 5.41. The zero-order valence-corrected chi connectivity index (χ0v) is 20.3. The largest absolute Gasteiger partial charge is 0.504 e. The lowest BCUT2D eigenvalue weighted by molar-refractivity contribution is 0.0981. The second-order valence-electron chi connectivity index (χ2n) is 9.27. The van der Waals surface area contributed by atoms with E-state index in [1.54, 1.807) is 0 Å². The van der Waals surface area contributed by atoms with E-state index in [0.717, 1.165) is 12.5 Å². The molecule has 35 heavy (non-hydrogen) atoms. The van der Waals surface area contributed by atoms with Crippen molar-refractivity contribution >= 4 is 27.6 Å². The number of nitrogens with zero attached hydrogens (tertiary/aromatic N) is 3. The molecule has 184 valence electrons. The van der Waals surface area contributed by atoms with E-state index in [1.807, 2.05) is 23.5 Å². The van der Waals surface area contributed by atoms with Crippen molar-refractivity contribution in [3.63, 3.8) is 0 Å². The number of hydrogen-bond acceptors (Lipinski definition) is 8. The molecule has 3 heterocycles. The molecule has 1 aromatic carbocycles. The molecule has 11 heteroatoms. The molecule has 2 aromatic heterocycles. The SMILES string of the molecule is C[C@@H]1CN(c2nc(-c3cccc(F)c3O)ccc2C(=O)NS(=O)(=O)c2cccc(N)n2)C(C)(C)C1. The number of halogens is 1. The van der Waals surface area contributed by atoms with Gasteiger partial charge in [0.25, 0.3) is 15.9 Å². The van der Waals surface area contributed by atoms with Crippen molar-refractivity contribution in [2.45, 2.75) is 37.8 Å². The molecule has 4 N–H and O–H groups in total. The summed E-state index contributed by atoms with van der Waals surface area (Å²) < 4.78 is 41.6. The van der Waals surface area contributed by atoms with Gasteiger partial charge in [0.1, 0.15) is 11.6 Å². The van der Waals surface area contributed by atoms with E-state index in [-0.39, 0.29) is 34.4 Å². The van der Waals surface area contributed by atoms with E-state index >= 15 is 0 Å². The number of aromatic nitrogens is 2. The Morgan fingerprint density at radius 1 is 1.17 bits per heavy atom. The van der Waals surface area contributed by atoms with Gasteiger partial charge in [-0.15, -0.1) is 0 Å². The first kappa shape index (κ1) is 24.4. The number of phenolic OH excluding ortho intramolecular Hbond substituents is 1. The van der Waals surface area contributed by atoms with Crippen molar-refractivity contribution < 1.29 is 22.7 Å². The van der Waals surface area contributed by atoms with Crippen molar-refractivity contribution in [3.05, 3.63) is 59.9 Å². The first-order valence-corrected chi connectivity index (χ1v) is 12.4. The van der Waals surface area contributed by atoms with Crippen LogP contribution in [0.2, 0.25) is 0 Å². The Kier molecular flexibility index (Phi) is 6.14. The van der Waals surface area contributed by atoms with Crippen LogP contribution >= 0.6 is 0 Å². The Balaban J connectivity index is 1.80. The molecule has 1 aliphatic heterocycles. The maximum atomic E-state index is 14.0. The molecule has 9 nitrogen and oxygen atoms in total. The first-order chi connectivity index (χ1) is 16.4. The third kappa shape index (κ3) is 4.76. The highest BCUT2D eigenvalue weighted by molar-refractivity contribution is 7.90.